The molecule has 0 spiro atoms. The molecule has 52 valence electrons. The minimum atomic E-state index is -1.96. The fraction of sp³-hybridized carbons (Fsp3) is 0.333. The van der Waals surface area contributed by atoms with Crippen molar-refractivity contribution in [1.29, 1.82) is 0 Å². The van der Waals surface area contributed by atoms with Crippen LogP contribution in [0.4, 0.5) is 0 Å². The molecular weight excluding hydrogens is 118 g/mol. The third kappa shape index (κ3) is 3.90. The number of aliphatic hydroxyl groups is 2. The van der Waals surface area contributed by atoms with Gasteiger partial charge in [-0.25, -0.2) is 0 Å². The maximum atomic E-state index is 8.73. The molecule has 0 rings (SSSR count). The molecule has 0 aliphatic rings. The first-order valence-corrected chi connectivity index (χ1v) is 2.56. The topological polar surface area (TPSA) is 52.5 Å². The van der Waals surface area contributed by atoms with Crippen LogP contribution < -0.4 is 5.32 Å². The minimum absolute atomic E-state index is 0.332. The molecule has 0 radical (unpaired) electrons. The average Bonchev–Trinajstić information content (AvgIpc) is 1.84. The molecule has 0 aliphatic heterocycles. The molecule has 0 unspecified atom stereocenters. The molecule has 0 saturated carbocycles. The summed E-state index contributed by atoms with van der Waals surface area (Å²) >= 11 is 0. The van der Waals surface area contributed by atoms with E-state index < -0.39 is 5.91 Å². The molecule has 0 aromatic carbocycles. The monoisotopic (exact) mass is 129 g/mol. The van der Waals surface area contributed by atoms with Gasteiger partial charge in [0.2, 0.25) is 5.91 Å². The maximum absolute atomic E-state index is 8.73. The van der Waals surface area contributed by atoms with Gasteiger partial charge in [-0.2, -0.15) is 0 Å². The van der Waals surface area contributed by atoms with E-state index in [-0.39, 0.29) is 0 Å². The Morgan fingerprint density at radius 3 is 2.33 bits per heavy atom. The van der Waals surface area contributed by atoms with Crippen LogP contribution in [0.25, 0.3) is 0 Å². The zero-order valence-electron chi connectivity index (χ0n) is 5.17. The molecule has 0 aromatic rings. The summed E-state index contributed by atoms with van der Waals surface area (Å²) < 4.78 is 0. The first-order valence-electron chi connectivity index (χ1n) is 2.56. The second kappa shape index (κ2) is 3.40. The summed E-state index contributed by atoms with van der Waals surface area (Å²) in [5, 5.41) is 19.8. The van der Waals surface area contributed by atoms with Gasteiger partial charge >= 0.3 is 0 Å². The van der Waals surface area contributed by atoms with Crippen molar-refractivity contribution in [3.63, 3.8) is 0 Å². The van der Waals surface area contributed by atoms with E-state index in [2.05, 4.69) is 18.5 Å². The van der Waals surface area contributed by atoms with Gasteiger partial charge in [-0.05, 0) is 6.08 Å². The molecular formula is C6H11NO2. The van der Waals surface area contributed by atoms with Crippen molar-refractivity contribution in [2.24, 2.45) is 0 Å². The Morgan fingerprint density at radius 2 is 2.00 bits per heavy atom. The number of hydrogen-bond acceptors (Lipinski definition) is 3. The fourth-order valence-corrected chi connectivity index (χ4v) is 0.295. The Bertz CT molecular complexity index is 110. The Kier molecular flexibility index (Phi) is 3.16. The Morgan fingerprint density at radius 1 is 1.44 bits per heavy atom. The van der Waals surface area contributed by atoms with E-state index in [1.807, 2.05) is 0 Å². The quantitative estimate of drug-likeness (QED) is 0.357. The van der Waals surface area contributed by atoms with Crippen molar-refractivity contribution in [2.45, 2.75) is 5.91 Å². The van der Waals surface area contributed by atoms with Crippen LogP contribution in [0.15, 0.2) is 25.3 Å². The lowest BCUT2D eigenvalue weighted by Crippen LogP contribution is -2.42. The van der Waals surface area contributed by atoms with Crippen LogP contribution in [0.3, 0.4) is 0 Å². The van der Waals surface area contributed by atoms with Crippen LogP contribution in [-0.2, 0) is 0 Å². The van der Waals surface area contributed by atoms with Gasteiger partial charge < -0.3 is 10.2 Å². The lowest BCUT2D eigenvalue weighted by molar-refractivity contribution is -0.140. The predicted molar refractivity (Wildman–Crippen MR) is 35.6 cm³/mol. The van der Waals surface area contributed by atoms with E-state index in [0.29, 0.717) is 6.54 Å². The van der Waals surface area contributed by atoms with Crippen LogP contribution in [0, 0.1) is 0 Å². The normalized spacial score (nSPS) is 10.9. The second-order valence-corrected chi connectivity index (χ2v) is 1.60. The number of rotatable bonds is 4. The van der Waals surface area contributed by atoms with E-state index >= 15 is 0 Å². The number of nitrogens with one attached hydrogen (secondary N) is 1. The Labute approximate surface area is 54.3 Å². The van der Waals surface area contributed by atoms with Gasteiger partial charge in [-0.1, -0.05) is 12.7 Å². The summed E-state index contributed by atoms with van der Waals surface area (Å²) in [6.45, 7) is 6.90. The van der Waals surface area contributed by atoms with Gasteiger partial charge in [0.25, 0.3) is 0 Å². The molecule has 3 nitrogen and oxygen atoms in total. The maximum Gasteiger partial charge on any atom is 0.243 e. The van der Waals surface area contributed by atoms with Gasteiger partial charge in [-0.15, -0.1) is 6.58 Å². The van der Waals surface area contributed by atoms with Crippen LogP contribution in [-0.4, -0.2) is 22.7 Å². The van der Waals surface area contributed by atoms with Crippen LogP contribution in [0.2, 0.25) is 0 Å². The lowest BCUT2D eigenvalue weighted by Gasteiger charge is -2.16. The molecule has 9 heavy (non-hydrogen) atoms. The summed E-state index contributed by atoms with van der Waals surface area (Å²) in [4.78, 5) is 0. The molecule has 0 atom stereocenters. The first-order chi connectivity index (χ1) is 4.12. The smallest absolute Gasteiger partial charge is 0.243 e. The average molecular weight is 129 g/mol. The van der Waals surface area contributed by atoms with Crippen molar-refractivity contribution < 1.29 is 10.2 Å². The van der Waals surface area contributed by atoms with E-state index in [0.717, 1.165) is 6.08 Å². The summed E-state index contributed by atoms with van der Waals surface area (Å²) in [6, 6.07) is 0. The molecule has 3 N–H and O–H groups in total. The van der Waals surface area contributed by atoms with Gasteiger partial charge in [0, 0.05) is 6.54 Å². The van der Waals surface area contributed by atoms with Crippen LogP contribution >= 0.6 is 0 Å². The highest BCUT2D eigenvalue weighted by Crippen LogP contribution is 1.91. The lowest BCUT2D eigenvalue weighted by atomic mass is 10.4. The third-order valence-corrected chi connectivity index (χ3v) is 0.791. The summed E-state index contributed by atoms with van der Waals surface area (Å²) in [7, 11) is 0. The predicted octanol–water partition coefficient (Wildman–Crippen LogP) is -0.414. The van der Waals surface area contributed by atoms with Crippen molar-refractivity contribution in [3.05, 3.63) is 25.3 Å². The highest BCUT2D eigenvalue weighted by Gasteiger charge is 2.14. The van der Waals surface area contributed by atoms with Gasteiger partial charge in [0.15, 0.2) is 0 Å². The molecule has 0 bridgehead atoms. The standard InChI is InChI=1S/C6H11NO2/c1-3-5-7-6(8,9)4-2/h3-4,7-9H,1-2,5H2. The van der Waals surface area contributed by atoms with Crippen molar-refractivity contribution in [1.82, 2.24) is 5.32 Å². The largest absolute Gasteiger partial charge is 0.350 e. The summed E-state index contributed by atoms with van der Waals surface area (Å²) in [6.07, 6.45) is 2.52. The molecule has 3 heteroatoms. The van der Waals surface area contributed by atoms with Crippen LogP contribution in [0.5, 0.6) is 0 Å². The first kappa shape index (κ1) is 8.36. The SMILES string of the molecule is C=CCNC(O)(O)C=C. The molecule has 0 aliphatic carbocycles. The number of hydrogen-bond donors (Lipinski definition) is 3. The van der Waals surface area contributed by atoms with Gasteiger partial charge in [0.1, 0.15) is 0 Å². The van der Waals surface area contributed by atoms with Gasteiger partial charge in [-0.3, -0.25) is 5.32 Å². The zero-order valence-corrected chi connectivity index (χ0v) is 5.17. The third-order valence-electron chi connectivity index (χ3n) is 0.791. The Hall–Kier alpha value is -0.640. The Balaban J connectivity index is 3.57. The van der Waals surface area contributed by atoms with Gasteiger partial charge in [0.05, 0.1) is 0 Å². The van der Waals surface area contributed by atoms with E-state index in [4.69, 9.17) is 10.2 Å². The zero-order chi connectivity index (χ0) is 7.33. The fourth-order valence-electron chi connectivity index (χ4n) is 0.295. The van der Waals surface area contributed by atoms with E-state index in [9.17, 15) is 0 Å². The van der Waals surface area contributed by atoms with E-state index in [1.165, 1.54) is 6.08 Å². The van der Waals surface area contributed by atoms with Crippen molar-refractivity contribution in [3.8, 4) is 0 Å². The van der Waals surface area contributed by atoms with E-state index in [1.54, 1.807) is 0 Å². The molecule has 0 fully saturated rings. The van der Waals surface area contributed by atoms with Crippen LogP contribution in [0.1, 0.15) is 0 Å². The summed E-state index contributed by atoms with van der Waals surface area (Å²) in [5.74, 6) is -1.96. The second-order valence-electron chi connectivity index (χ2n) is 1.60. The highest BCUT2D eigenvalue weighted by molar-refractivity contribution is 4.85. The molecule has 0 heterocycles. The van der Waals surface area contributed by atoms with Crippen molar-refractivity contribution >= 4 is 0 Å². The minimum Gasteiger partial charge on any atom is -0.350 e. The molecule has 0 aromatic heterocycles. The summed E-state index contributed by atoms with van der Waals surface area (Å²) in [5.41, 5.74) is 0. The van der Waals surface area contributed by atoms with Crippen molar-refractivity contribution in [2.75, 3.05) is 6.54 Å². The molecule has 0 saturated heterocycles. The molecule has 0 amide bonds. The highest BCUT2D eigenvalue weighted by atomic mass is 16.5.